The van der Waals surface area contributed by atoms with Crippen LogP contribution in [0.25, 0.3) is 10.9 Å². The van der Waals surface area contributed by atoms with Crippen LogP contribution in [0.5, 0.6) is 0 Å². The molecule has 2 aromatic heterocycles. The summed E-state index contributed by atoms with van der Waals surface area (Å²) in [6.07, 6.45) is 6.30. The quantitative estimate of drug-likeness (QED) is 0.753. The maximum absolute atomic E-state index is 6.48. The molecule has 3 aromatic rings. The van der Waals surface area contributed by atoms with Crippen molar-refractivity contribution >= 4 is 22.5 Å². The highest BCUT2D eigenvalue weighted by Crippen LogP contribution is 2.37. The van der Waals surface area contributed by atoms with Crippen molar-refractivity contribution in [3.8, 4) is 0 Å². The second-order valence-corrected chi connectivity index (χ2v) is 8.12. The van der Waals surface area contributed by atoms with Crippen LogP contribution in [0.4, 0.5) is 0 Å². The number of hydrogen-bond donors (Lipinski definition) is 1. The highest BCUT2D eigenvalue weighted by Gasteiger charge is 2.28. The number of aromatic nitrogens is 4. The molecule has 0 saturated heterocycles. The smallest absolute Gasteiger partial charge is 0.0858 e. The molecule has 0 radical (unpaired) electrons. The fraction of sp³-hybridized carbons (Fsp3) is 0.500. The van der Waals surface area contributed by atoms with E-state index >= 15 is 0 Å². The molecule has 5 rings (SSSR count). The lowest BCUT2D eigenvalue weighted by molar-refractivity contribution is 0.241. The second kappa shape index (κ2) is 6.39. The second-order valence-electron chi connectivity index (χ2n) is 7.71. The Bertz CT molecular complexity index is 951. The monoisotopic (exact) mass is 369 g/mol. The Labute approximate surface area is 158 Å². The average molecular weight is 370 g/mol. The Hall–Kier alpha value is -1.85. The number of halogens is 1. The van der Waals surface area contributed by atoms with Crippen molar-refractivity contribution in [3.63, 3.8) is 0 Å². The van der Waals surface area contributed by atoms with Gasteiger partial charge in [-0.2, -0.15) is 10.2 Å². The number of rotatable bonds is 3. The molecule has 0 unspecified atom stereocenters. The summed E-state index contributed by atoms with van der Waals surface area (Å²) in [7, 11) is 1.99. The molecule has 2 aliphatic rings. The number of H-pyrrole nitrogens is 1. The lowest BCUT2D eigenvalue weighted by atomic mass is 9.96. The first-order valence-corrected chi connectivity index (χ1v) is 9.97. The highest BCUT2D eigenvalue weighted by atomic mass is 35.5. The molecule has 1 N–H and O–H groups in total. The van der Waals surface area contributed by atoms with Gasteiger partial charge in [0.25, 0.3) is 0 Å². The standard InChI is InChI=1S/C20H24ClN5/c1-25-18-8-4-7-15(21)19(18)17(24-25)12-26-10-9-16-14(11-26)20(23-22-16)13-5-2-3-6-13/h4,7-8,13H,2-3,5-6,9-12H2,1H3,(H,22,23). The molecule has 26 heavy (non-hydrogen) atoms. The van der Waals surface area contributed by atoms with Gasteiger partial charge in [0.05, 0.1) is 21.9 Å². The van der Waals surface area contributed by atoms with Gasteiger partial charge in [-0.3, -0.25) is 14.7 Å². The topological polar surface area (TPSA) is 49.7 Å². The SMILES string of the molecule is Cn1nc(CN2CCc3[nH]nc(C4CCCC4)c3C2)c2c(Cl)cccc21. The molecule has 6 heteroatoms. The van der Waals surface area contributed by atoms with Crippen LogP contribution in [0.1, 0.15) is 54.2 Å². The van der Waals surface area contributed by atoms with Gasteiger partial charge < -0.3 is 0 Å². The van der Waals surface area contributed by atoms with Gasteiger partial charge in [-0.25, -0.2) is 0 Å². The van der Waals surface area contributed by atoms with Crippen LogP contribution in [0.2, 0.25) is 5.02 Å². The number of nitrogens with one attached hydrogen (secondary N) is 1. The van der Waals surface area contributed by atoms with Crippen LogP contribution in [-0.4, -0.2) is 31.4 Å². The highest BCUT2D eigenvalue weighted by molar-refractivity contribution is 6.35. The maximum Gasteiger partial charge on any atom is 0.0858 e. The molecule has 3 heterocycles. The molecular weight excluding hydrogens is 346 g/mol. The number of benzene rings is 1. The third-order valence-corrected chi connectivity index (χ3v) is 6.37. The minimum absolute atomic E-state index is 0.653. The summed E-state index contributed by atoms with van der Waals surface area (Å²) in [4.78, 5) is 2.49. The molecule has 1 fully saturated rings. The van der Waals surface area contributed by atoms with Crippen molar-refractivity contribution in [2.24, 2.45) is 7.05 Å². The Kier molecular flexibility index (Phi) is 4.02. The number of fused-ring (bicyclic) bond motifs is 2. The molecule has 0 amide bonds. The first-order chi connectivity index (χ1) is 12.7. The van der Waals surface area contributed by atoms with Gasteiger partial charge in [-0.1, -0.05) is 30.5 Å². The van der Waals surface area contributed by atoms with E-state index in [1.165, 1.54) is 42.6 Å². The normalized spacial score (nSPS) is 18.7. The summed E-state index contributed by atoms with van der Waals surface area (Å²) in [6.45, 7) is 2.82. The largest absolute Gasteiger partial charge is 0.293 e. The third kappa shape index (κ3) is 2.65. The summed E-state index contributed by atoms with van der Waals surface area (Å²) in [5, 5.41) is 14.6. The van der Waals surface area contributed by atoms with Gasteiger partial charge in [0.15, 0.2) is 0 Å². The van der Waals surface area contributed by atoms with Crippen LogP contribution in [0, 0.1) is 0 Å². The van der Waals surface area contributed by atoms with E-state index in [9.17, 15) is 0 Å². The zero-order chi connectivity index (χ0) is 17.7. The van der Waals surface area contributed by atoms with Crippen LogP contribution in [0.15, 0.2) is 18.2 Å². The van der Waals surface area contributed by atoms with E-state index in [2.05, 4.69) is 16.1 Å². The van der Waals surface area contributed by atoms with E-state index < -0.39 is 0 Å². The molecule has 136 valence electrons. The number of aromatic amines is 1. The van der Waals surface area contributed by atoms with E-state index in [0.29, 0.717) is 5.92 Å². The predicted octanol–water partition coefficient (Wildman–Crippen LogP) is 4.17. The minimum atomic E-state index is 0.653. The number of aryl methyl sites for hydroxylation is 1. The lowest BCUT2D eigenvalue weighted by Gasteiger charge is -2.27. The van der Waals surface area contributed by atoms with Crippen molar-refractivity contribution in [2.45, 2.75) is 51.1 Å². The van der Waals surface area contributed by atoms with Crippen molar-refractivity contribution in [3.05, 3.63) is 45.9 Å². The zero-order valence-electron chi connectivity index (χ0n) is 15.1. The van der Waals surface area contributed by atoms with E-state index in [0.717, 1.165) is 47.7 Å². The Morgan fingerprint density at radius 3 is 2.96 bits per heavy atom. The molecule has 1 saturated carbocycles. The summed E-state index contributed by atoms with van der Waals surface area (Å²) in [5.74, 6) is 0.653. The average Bonchev–Trinajstić information content (AvgIpc) is 3.35. The first-order valence-electron chi connectivity index (χ1n) is 9.59. The number of nitrogens with zero attached hydrogens (tertiary/aromatic N) is 4. The fourth-order valence-electron chi connectivity index (χ4n) is 4.72. The van der Waals surface area contributed by atoms with E-state index in [1.54, 1.807) is 0 Å². The Balaban J connectivity index is 1.43. The lowest BCUT2D eigenvalue weighted by Crippen LogP contribution is -2.30. The van der Waals surface area contributed by atoms with E-state index in [4.69, 9.17) is 21.8 Å². The summed E-state index contributed by atoms with van der Waals surface area (Å²) < 4.78 is 1.94. The first kappa shape index (κ1) is 16.3. The summed E-state index contributed by atoms with van der Waals surface area (Å²) in [6, 6.07) is 6.03. The number of hydrogen-bond acceptors (Lipinski definition) is 3. The molecule has 5 nitrogen and oxygen atoms in total. The Morgan fingerprint density at radius 2 is 2.12 bits per heavy atom. The van der Waals surface area contributed by atoms with Crippen LogP contribution >= 0.6 is 11.6 Å². The van der Waals surface area contributed by atoms with Crippen molar-refractivity contribution in [2.75, 3.05) is 6.54 Å². The minimum Gasteiger partial charge on any atom is -0.293 e. The van der Waals surface area contributed by atoms with Gasteiger partial charge in [0.2, 0.25) is 0 Å². The van der Waals surface area contributed by atoms with Crippen LogP contribution < -0.4 is 0 Å². The van der Waals surface area contributed by atoms with Crippen LogP contribution in [-0.2, 0) is 26.6 Å². The predicted molar refractivity (Wildman–Crippen MR) is 103 cm³/mol. The third-order valence-electron chi connectivity index (χ3n) is 6.06. The molecule has 0 atom stereocenters. The van der Waals surface area contributed by atoms with Gasteiger partial charge in [-0.05, 0) is 25.0 Å². The van der Waals surface area contributed by atoms with Crippen molar-refractivity contribution in [1.82, 2.24) is 24.9 Å². The van der Waals surface area contributed by atoms with Gasteiger partial charge in [0.1, 0.15) is 0 Å². The van der Waals surface area contributed by atoms with Gasteiger partial charge in [0, 0.05) is 55.7 Å². The maximum atomic E-state index is 6.48. The fourth-order valence-corrected chi connectivity index (χ4v) is 5.00. The molecule has 0 spiro atoms. The summed E-state index contributed by atoms with van der Waals surface area (Å²) in [5.41, 5.74) is 6.27. The van der Waals surface area contributed by atoms with Crippen molar-refractivity contribution < 1.29 is 0 Å². The molecule has 1 aliphatic heterocycles. The molecule has 0 bridgehead atoms. The van der Waals surface area contributed by atoms with Crippen molar-refractivity contribution in [1.29, 1.82) is 0 Å². The molecule has 1 aromatic carbocycles. The van der Waals surface area contributed by atoms with Gasteiger partial charge in [-0.15, -0.1) is 0 Å². The zero-order valence-corrected chi connectivity index (χ0v) is 15.9. The molecular formula is C20H24ClN5. The van der Waals surface area contributed by atoms with E-state index in [1.807, 2.05) is 23.9 Å². The molecule has 1 aliphatic carbocycles. The van der Waals surface area contributed by atoms with Crippen LogP contribution in [0.3, 0.4) is 0 Å². The Morgan fingerprint density at radius 1 is 1.27 bits per heavy atom. The van der Waals surface area contributed by atoms with Gasteiger partial charge >= 0.3 is 0 Å². The summed E-state index contributed by atoms with van der Waals surface area (Å²) >= 11 is 6.48. The van der Waals surface area contributed by atoms with E-state index in [-0.39, 0.29) is 0 Å².